The van der Waals surface area contributed by atoms with Gasteiger partial charge in [0.2, 0.25) is 5.69 Å². The van der Waals surface area contributed by atoms with Crippen molar-refractivity contribution in [3.05, 3.63) is 28.9 Å². The van der Waals surface area contributed by atoms with Crippen LogP contribution in [-0.2, 0) is 4.74 Å². The van der Waals surface area contributed by atoms with Crippen molar-refractivity contribution >= 4 is 0 Å². The Kier molecular flexibility index (Phi) is 4.93. The SMILES string of the molecule is C[C@@]1(O)C[C@@H](CO)O[C@H]1n1cc[c-]nc1=O.[U]. The predicted molar refractivity (Wildman–Crippen MR) is 53.6 cm³/mol. The maximum atomic E-state index is 11.5. The van der Waals surface area contributed by atoms with Gasteiger partial charge in [-0.25, -0.2) is 0 Å². The van der Waals surface area contributed by atoms with Crippen LogP contribution < -0.4 is 5.69 Å². The summed E-state index contributed by atoms with van der Waals surface area (Å²) in [7, 11) is 0. The summed E-state index contributed by atoms with van der Waals surface area (Å²) < 4.78 is 6.60. The Morgan fingerprint density at radius 1 is 1.76 bits per heavy atom. The van der Waals surface area contributed by atoms with Gasteiger partial charge in [-0.1, -0.05) is 12.4 Å². The first-order valence-electron chi connectivity index (χ1n) is 4.98. The van der Waals surface area contributed by atoms with Gasteiger partial charge in [-0.15, -0.1) is 6.07 Å². The van der Waals surface area contributed by atoms with E-state index in [9.17, 15) is 9.90 Å². The average molecular weight is 463 g/mol. The third-order valence-corrected chi connectivity index (χ3v) is 2.64. The Balaban J connectivity index is 0.00000144. The van der Waals surface area contributed by atoms with E-state index in [1.54, 1.807) is 6.92 Å². The molecule has 1 aliphatic heterocycles. The van der Waals surface area contributed by atoms with Crippen LogP contribution in [0.15, 0.2) is 17.1 Å². The smallest absolute Gasteiger partial charge is 0.231 e. The van der Waals surface area contributed by atoms with Crippen LogP contribution >= 0.6 is 0 Å². The minimum absolute atomic E-state index is 0. The molecule has 92 valence electrons. The van der Waals surface area contributed by atoms with E-state index in [0.29, 0.717) is 0 Å². The van der Waals surface area contributed by atoms with Crippen molar-refractivity contribution in [3.63, 3.8) is 0 Å². The fourth-order valence-corrected chi connectivity index (χ4v) is 1.92. The fraction of sp³-hybridized carbons (Fsp3) is 0.600. The van der Waals surface area contributed by atoms with E-state index >= 15 is 0 Å². The minimum Gasteiger partial charge on any atom is -0.394 e. The number of aliphatic hydroxyl groups is 2. The fourth-order valence-electron chi connectivity index (χ4n) is 1.92. The van der Waals surface area contributed by atoms with E-state index in [1.165, 1.54) is 16.8 Å². The van der Waals surface area contributed by atoms with Gasteiger partial charge in [0.1, 0.15) is 11.8 Å². The number of aliphatic hydroxyl groups excluding tert-OH is 1. The number of hydrogen-bond donors (Lipinski definition) is 2. The van der Waals surface area contributed by atoms with Gasteiger partial charge in [-0.2, -0.15) is 0 Å². The van der Waals surface area contributed by atoms with E-state index in [1.807, 2.05) is 0 Å². The van der Waals surface area contributed by atoms with Gasteiger partial charge in [0.15, 0.2) is 0 Å². The van der Waals surface area contributed by atoms with Crippen molar-refractivity contribution in [1.29, 1.82) is 0 Å². The molecular formula is C10H13N2O4U-. The molecule has 0 aromatic carbocycles. The quantitative estimate of drug-likeness (QED) is 0.555. The Bertz CT molecular complexity index is 434. The average Bonchev–Trinajstić information content (AvgIpc) is 2.54. The molecule has 3 atom stereocenters. The van der Waals surface area contributed by atoms with E-state index in [4.69, 9.17) is 9.84 Å². The molecule has 0 spiro atoms. The molecule has 1 aliphatic rings. The molecule has 1 aromatic rings. The molecule has 17 heavy (non-hydrogen) atoms. The summed E-state index contributed by atoms with van der Waals surface area (Å²) in [4.78, 5) is 14.9. The standard InChI is InChI=1S/C10H13N2O4.U/c1-10(15)5-7(6-13)16-8(10)12-4-2-3-11-9(12)14;/h2,4,7-8,13,15H,5-6H2,1H3;/q-1;/t7-,8+,10+;/m0./s1. The maximum absolute atomic E-state index is 11.5. The summed E-state index contributed by atoms with van der Waals surface area (Å²) in [5.74, 6) is 0. The normalized spacial score (nSPS) is 32.2. The van der Waals surface area contributed by atoms with Crippen LogP contribution in [0, 0.1) is 37.3 Å². The minimum atomic E-state index is -1.19. The molecule has 0 saturated carbocycles. The summed E-state index contributed by atoms with van der Waals surface area (Å²) >= 11 is 0. The van der Waals surface area contributed by atoms with Crippen LogP contribution in [0.2, 0.25) is 0 Å². The molecule has 2 rings (SSSR count). The van der Waals surface area contributed by atoms with Crippen molar-refractivity contribution < 1.29 is 46.1 Å². The topological polar surface area (TPSA) is 84.6 Å². The van der Waals surface area contributed by atoms with Crippen molar-refractivity contribution in [1.82, 2.24) is 9.55 Å². The molecular weight excluding hydrogens is 450 g/mol. The van der Waals surface area contributed by atoms with Gasteiger partial charge in [-0.05, 0) is 6.92 Å². The summed E-state index contributed by atoms with van der Waals surface area (Å²) in [6.45, 7) is 1.38. The van der Waals surface area contributed by atoms with Gasteiger partial charge in [0.25, 0.3) is 0 Å². The van der Waals surface area contributed by atoms with Crippen LogP contribution in [0.1, 0.15) is 19.6 Å². The van der Waals surface area contributed by atoms with Crippen molar-refractivity contribution in [2.75, 3.05) is 6.61 Å². The molecule has 6 nitrogen and oxygen atoms in total. The summed E-state index contributed by atoms with van der Waals surface area (Å²) in [5, 5.41) is 19.1. The Morgan fingerprint density at radius 2 is 2.47 bits per heavy atom. The molecule has 1 saturated heterocycles. The van der Waals surface area contributed by atoms with Gasteiger partial charge in [-0.3, -0.25) is 0 Å². The first-order chi connectivity index (χ1) is 7.54. The van der Waals surface area contributed by atoms with Crippen LogP contribution in [-0.4, -0.2) is 38.1 Å². The van der Waals surface area contributed by atoms with Crippen LogP contribution in [0.5, 0.6) is 0 Å². The van der Waals surface area contributed by atoms with Crippen LogP contribution in [0.25, 0.3) is 0 Å². The molecule has 2 N–H and O–H groups in total. The Morgan fingerprint density at radius 3 is 3.00 bits per heavy atom. The third kappa shape index (κ3) is 2.98. The first kappa shape index (κ1) is 14.9. The second-order valence-corrected chi connectivity index (χ2v) is 4.10. The van der Waals surface area contributed by atoms with E-state index < -0.39 is 23.6 Å². The number of ether oxygens (including phenoxy) is 1. The second-order valence-electron chi connectivity index (χ2n) is 4.10. The van der Waals surface area contributed by atoms with Crippen LogP contribution in [0.3, 0.4) is 0 Å². The molecule has 7 heteroatoms. The van der Waals surface area contributed by atoms with Gasteiger partial charge < -0.3 is 29.3 Å². The molecule has 0 radical (unpaired) electrons. The molecule has 0 bridgehead atoms. The van der Waals surface area contributed by atoms with Gasteiger partial charge in [0, 0.05) is 37.5 Å². The predicted octanol–water partition coefficient (Wildman–Crippen LogP) is -0.926. The van der Waals surface area contributed by atoms with Gasteiger partial charge in [0.05, 0.1) is 12.7 Å². The number of rotatable bonds is 2. The molecule has 0 unspecified atom stereocenters. The second kappa shape index (κ2) is 5.63. The molecule has 1 fully saturated rings. The first-order valence-corrected chi connectivity index (χ1v) is 4.98. The zero-order valence-electron chi connectivity index (χ0n) is 9.33. The van der Waals surface area contributed by atoms with Crippen molar-refractivity contribution in [3.8, 4) is 0 Å². The zero-order valence-corrected chi connectivity index (χ0v) is 13.5. The van der Waals surface area contributed by atoms with E-state index in [-0.39, 0.29) is 44.1 Å². The summed E-state index contributed by atoms with van der Waals surface area (Å²) in [5.41, 5.74) is -1.73. The number of aromatic nitrogens is 2. The van der Waals surface area contributed by atoms with Crippen LogP contribution in [0.4, 0.5) is 0 Å². The van der Waals surface area contributed by atoms with E-state index in [0.717, 1.165) is 0 Å². The van der Waals surface area contributed by atoms with Crippen molar-refractivity contribution in [2.45, 2.75) is 31.3 Å². The van der Waals surface area contributed by atoms with E-state index in [2.05, 4.69) is 11.2 Å². The summed E-state index contributed by atoms with van der Waals surface area (Å²) in [6.07, 6.45) is 2.85. The zero-order chi connectivity index (χ0) is 11.8. The Hall–Kier alpha value is -0.188. The largest absolute Gasteiger partial charge is 0.394 e. The third-order valence-electron chi connectivity index (χ3n) is 2.64. The molecule has 0 amide bonds. The molecule has 1 aromatic heterocycles. The monoisotopic (exact) mass is 463 g/mol. The maximum Gasteiger partial charge on any atom is 0.231 e. The Labute approximate surface area is 122 Å². The van der Waals surface area contributed by atoms with Crippen molar-refractivity contribution in [2.24, 2.45) is 0 Å². The molecule has 0 aliphatic carbocycles. The van der Waals surface area contributed by atoms with Gasteiger partial charge >= 0.3 is 0 Å². The number of hydrogen-bond acceptors (Lipinski definition) is 5. The summed E-state index contributed by atoms with van der Waals surface area (Å²) in [6, 6.07) is 1.47. The number of nitrogens with zero attached hydrogens (tertiary/aromatic N) is 2. The molecule has 2 heterocycles.